The molecule has 5 nitrogen and oxygen atoms in total. The van der Waals surface area contributed by atoms with Gasteiger partial charge in [-0.15, -0.1) is 0 Å². The Morgan fingerprint density at radius 1 is 1.06 bits per heavy atom. The zero-order valence-electron chi connectivity index (χ0n) is 17.4. The number of nitrogens with zero attached hydrogens (tertiary/aromatic N) is 2. The zero-order chi connectivity index (χ0) is 21.9. The van der Waals surface area contributed by atoms with E-state index >= 15 is 0 Å². The van der Waals surface area contributed by atoms with Crippen molar-refractivity contribution in [1.29, 1.82) is 0 Å². The number of rotatable bonds is 4. The first-order chi connectivity index (χ1) is 14.9. The molecule has 0 aliphatic carbocycles. The molecule has 0 N–H and O–H groups in total. The van der Waals surface area contributed by atoms with Crippen LogP contribution in [-0.4, -0.2) is 40.6 Å². The van der Waals surface area contributed by atoms with Crippen molar-refractivity contribution in [2.24, 2.45) is 11.8 Å². The van der Waals surface area contributed by atoms with Crippen molar-refractivity contribution < 1.29 is 14.4 Å². The molecule has 3 aliphatic rings. The molecule has 3 aliphatic heterocycles. The molecule has 0 aromatic heterocycles. The number of ketones is 1. The summed E-state index contributed by atoms with van der Waals surface area (Å²) < 4.78 is 0. The van der Waals surface area contributed by atoms with Crippen LogP contribution < -0.4 is 4.90 Å². The molecule has 0 radical (unpaired) electrons. The van der Waals surface area contributed by atoms with Gasteiger partial charge in [-0.05, 0) is 37.1 Å². The van der Waals surface area contributed by atoms with E-state index in [0.717, 1.165) is 11.3 Å². The Morgan fingerprint density at radius 3 is 2.48 bits per heavy atom. The van der Waals surface area contributed by atoms with E-state index in [-0.39, 0.29) is 29.7 Å². The molecule has 2 aromatic rings. The average molecular weight is 435 g/mol. The number of fused-ring (bicyclic) bond motifs is 5. The molecule has 31 heavy (non-hydrogen) atoms. The predicted octanol–water partition coefficient (Wildman–Crippen LogP) is 4.21. The molecular formula is C25H23ClN2O3. The molecule has 6 heteroatoms. The van der Waals surface area contributed by atoms with Gasteiger partial charge in [0.05, 0.1) is 17.9 Å². The zero-order valence-corrected chi connectivity index (χ0v) is 18.1. The molecule has 0 bridgehead atoms. The van der Waals surface area contributed by atoms with Crippen molar-refractivity contribution in [1.82, 2.24) is 4.90 Å². The fourth-order valence-corrected chi connectivity index (χ4v) is 5.44. The van der Waals surface area contributed by atoms with Gasteiger partial charge in [0, 0.05) is 22.3 Å². The summed E-state index contributed by atoms with van der Waals surface area (Å²) in [7, 11) is 0. The molecule has 5 rings (SSSR count). The summed E-state index contributed by atoms with van der Waals surface area (Å²) in [6, 6.07) is 13.2. The number of carbonyl (C=O) groups excluding carboxylic acids is 3. The molecule has 3 heterocycles. The van der Waals surface area contributed by atoms with Gasteiger partial charge in [-0.3, -0.25) is 19.3 Å². The highest BCUT2D eigenvalue weighted by Gasteiger charge is 2.64. The third-order valence-corrected chi connectivity index (χ3v) is 7.10. The van der Waals surface area contributed by atoms with E-state index in [2.05, 4.69) is 0 Å². The number of Topliss-reactive ketones (excluding diaryl/α,β-unsaturated/α-hetero) is 1. The second-order valence-electron chi connectivity index (χ2n) is 8.49. The highest BCUT2D eigenvalue weighted by Crippen LogP contribution is 2.49. The summed E-state index contributed by atoms with van der Waals surface area (Å²) in [6.07, 6.45) is 4.57. The van der Waals surface area contributed by atoms with Crippen molar-refractivity contribution in [3.05, 3.63) is 70.8 Å². The summed E-state index contributed by atoms with van der Waals surface area (Å²) in [6.45, 7) is 3.84. The van der Waals surface area contributed by atoms with Crippen molar-refractivity contribution in [2.75, 3.05) is 4.90 Å². The number of amides is 2. The second kappa shape index (κ2) is 7.34. The molecule has 0 saturated carbocycles. The Labute approximate surface area is 186 Å². The summed E-state index contributed by atoms with van der Waals surface area (Å²) in [4.78, 5) is 44.1. The first-order valence-corrected chi connectivity index (χ1v) is 11.0. The third kappa shape index (κ3) is 2.87. The van der Waals surface area contributed by atoms with Gasteiger partial charge in [-0.25, -0.2) is 0 Å². The van der Waals surface area contributed by atoms with Gasteiger partial charge in [0.2, 0.25) is 11.8 Å². The number of likely N-dealkylation sites (tertiary alicyclic amines) is 1. The largest absolute Gasteiger partial charge is 0.352 e. The minimum absolute atomic E-state index is 0.138. The summed E-state index contributed by atoms with van der Waals surface area (Å²) >= 11 is 6.19. The van der Waals surface area contributed by atoms with E-state index in [1.165, 1.54) is 4.90 Å². The van der Waals surface area contributed by atoms with E-state index in [4.69, 9.17) is 11.6 Å². The van der Waals surface area contributed by atoms with Crippen LogP contribution >= 0.6 is 11.6 Å². The van der Waals surface area contributed by atoms with E-state index in [0.29, 0.717) is 17.0 Å². The van der Waals surface area contributed by atoms with E-state index in [9.17, 15) is 14.4 Å². The first kappa shape index (κ1) is 20.0. The molecule has 5 atom stereocenters. The smallest absolute Gasteiger partial charge is 0.236 e. The van der Waals surface area contributed by atoms with Crippen LogP contribution in [0.25, 0.3) is 6.08 Å². The summed E-state index contributed by atoms with van der Waals surface area (Å²) in [5, 5.41) is 0.599. The number of halogens is 1. The van der Waals surface area contributed by atoms with Gasteiger partial charge in [0.25, 0.3) is 0 Å². The molecule has 0 unspecified atom stereocenters. The van der Waals surface area contributed by atoms with Gasteiger partial charge >= 0.3 is 0 Å². The van der Waals surface area contributed by atoms with Gasteiger partial charge in [-0.1, -0.05) is 61.0 Å². The third-order valence-electron chi connectivity index (χ3n) is 6.86. The van der Waals surface area contributed by atoms with Crippen LogP contribution in [0.1, 0.15) is 36.2 Å². The van der Waals surface area contributed by atoms with Gasteiger partial charge in [-0.2, -0.15) is 0 Å². The lowest BCUT2D eigenvalue weighted by Gasteiger charge is -2.37. The van der Waals surface area contributed by atoms with Crippen LogP contribution in [0.2, 0.25) is 5.02 Å². The number of anilines is 1. The van der Waals surface area contributed by atoms with Gasteiger partial charge < -0.3 is 4.90 Å². The Morgan fingerprint density at radius 2 is 1.77 bits per heavy atom. The minimum atomic E-state index is -0.743. The Balaban J connectivity index is 1.66. The number of benzene rings is 2. The van der Waals surface area contributed by atoms with Crippen LogP contribution in [0.5, 0.6) is 0 Å². The maximum Gasteiger partial charge on any atom is 0.236 e. The number of imide groups is 1. The highest BCUT2D eigenvalue weighted by molar-refractivity contribution is 6.30. The Bertz CT molecular complexity index is 1110. The molecule has 0 spiro atoms. The molecule has 2 aromatic carbocycles. The van der Waals surface area contributed by atoms with Crippen molar-refractivity contribution in [3.63, 3.8) is 0 Å². The molecule has 158 valence electrons. The van der Waals surface area contributed by atoms with Gasteiger partial charge in [0.1, 0.15) is 6.04 Å². The SMILES string of the molecule is CC[C@@H](C)N1C(=O)[C@@H]2[C@@H](C1=O)[C@@H]1C=Cc3cc(Cl)ccc3N1[C@@H]2C(=O)c1ccccc1. The molecule has 2 saturated heterocycles. The first-order valence-electron chi connectivity index (χ1n) is 10.7. The maximum absolute atomic E-state index is 13.7. The number of hydrogen-bond donors (Lipinski definition) is 0. The summed E-state index contributed by atoms with van der Waals surface area (Å²) in [5.74, 6) is -1.83. The van der Waals surface area contributed by atoms with Crippen molar-refractivity contribution >= 4 is 41.0 Å². The van der Waals surface area contributed by atoms with Crippen molar-refractivity contribution in [2.45, 2.75) is 38.4 Å². The Kier molecular flexibility index (Phi) is 4.74. The molecule has 2 amide bonds. The molecular weight excluding hydrogens is 412 g/mol. The van der Waals surface area contributed by atoms with Gasteiger partial charge in [0.15, 0.2) is 5.78 Å². The monoisotopic (exact) mass is 434 g/mol. The van der Waals surface area contributed by atoms with Crippen LogP contribution in [0.15, 0.2) is 54.6 Å². The number of carbonyl (C=O) groups is 3. The normalized spacial score (nSPS) is 27.2. The number of hydrogen-bond acceptors (Lipinski definition) is 4. The second-order valence-corrected chi connectivity index (χ2v) is 8.93. The fourth-order valence-electron chi connectivity index (χ4n) is 5.26. The van der Waals surface area contributed by atoms with Crippen LogP contribution in [0.3, 0.4) is 0 Å². The summed E-state index contributed by atoms with van der Waals surface area (Å²) in [5.41, 5.74) is 2.25. The standard InChI is InChI=1S/C25H23ClN2O3/c1-3-14(2)27-24(30)20-19-11-9-16-13-17(26)10-12-18(16)28(19)22(21(20)25(27)31)23(29)15-7-5-4-6-8-15/h4-14,19-22H,3H2,1-2H3/t14-,19+,20+,21-,22+/m1/s1. The van der Waals surface area contributed by atoms with Crippen LogP contribution in [0.4, 0.5) is 5.69 Å². The lowest BCUT2D eigenvalue weighted by Crippen LogP contribution is -2.50. The predicted molar refractivity (Wildman–Crippen MR) is 120 cm³/mol. The van der Waals surface area contributed by atoms with Crippen LogP contribution in [-0.2, 0) is 9.59 Å². The van der Waals surface area contributed by atoms with E-state index in [1.54, 1.807) is 18.2 Å². The fraction of sp³-hybridized carbons (Fsp3) is 0.320. The van der Waals surface area contributed by atoms with Crippen molar-refractivity contribution in [3.8, 4) is 0 Å². The van der Waals surface area contributed by atoms with Crippen LogP contribution in [0, 0.1) is 11.8 Å². The quantitative estimate of drug-likeness (QED) is 0.534. The Hall–Kier alpha value is -2.92. The van der Waals surface area contributed by atoms with E-state index < -0.39 is 17.9 Å². The highest BCUT2D eigenvalue weighted by atomic mass is 35.5. The lowest BCUT2D eigenvalue weighted by molar-refractivity contribution is -0.142. The maximum atomic E-state index is 13.7. The van der Waals surface area contributed by atoms with E-state index in [1.807, 2.05) is 61.2 Å². The molecule has 2 fully saturated rings. The lowest BCUT2D eigenvalue weighted by atomic mass is 9.86. The minimum Gasteiger partial charge on any atom is -0.352 e. The average Bonchev–Trinajstić information content (AvgIpc) is 3.26. The topological polar surface area (TPSA) is 57.7 Å².